The minimum absolute atomic E-state index is 0.196. The lowest BCUT2D eigenvalue weighted by Crippen LogP contribution is -2.29. The van der Waals surface area contributed by atoms with Crippen molar-refractivity contribution in [3.63, 3.8) is 0 Å². The highest BCUT2D eigenvalue weighted by atomic mass is 16.7. The van der Waals surface area contributed by atoms with E-state index in [1.807, 2.05) is 6.92 Å². The predicted molar refractivity (Wildman–Crippen MR) is 102 cm³/mol. The summed E-state index contributed by atoms with van der Waals surface area (Å²) in [5.41, 5.74) is 0. The van der Waals surface area contributed by atoms with Gasteiger partial charge in [0, 0.05) is 6.61 Å². The quantitative estimate of drug-likeness (QED) is 0.236. The van der Waals surface area contributed by atoms with Crippen LogP contribution in [0, 0.1) is 0 Å². The van der Waals surface area contributed by atoms with Crippen LogP contribution in [0.2, 0.25) is 0 Å². The Labute approximate surface area is 159 Å². The fourth-order valence-corrected chi connectivity index (χ4v) is 2.55. The molecule has 26 heavy (non-hydrogen) atoms. The van der Waals surface area contributed by atoms with Crippen LogP contribution in [0.4, 0.5) is 0 Å². The van der Waals surface area contributed by atoms with Crippen LogP contribution >= 0.6 is 0 Å². The van der Waals surface area contributed by atoms with Crippen molar-refractivity contribution in [1.82, 2.24) is 0 Å². The molecule has 156 valence electrons. The normalized spacial score (nSPS) is 12.4. The molecule has 0 aliphatic rings. The highest BCUT2D eigenvalue weighted by Gasteiger charge is 2.18. The molecule has 0 aromatic heterocycles. The van der Waals surface area contributed by atoms with Gasteiger partial charge in [0.2, 0.25) is 0 Å². The van der Waals surface area contributed by atoms with Crippen LogP contribution in [0.5, 0.6) is 0 Å². The van der Waals surface area contributed by atoms with Crippen molar-refractivity contribution in [2.45, 2.75) is 84.3 Å². The Morgan fingerprint density at radius 2 is 1.19 bits per heavy atom. The largest absolute Gasteiger partial charge is 0.477 e. The summed E-state index contributed by atoms with van der Waals surface area (Å²) in [4.78, 5) is 11.1. The molecule has 0 spiro atoms. The Kier molecular flexibility index (Phi) is 20.1. The Bertz CT molecular complexity index is 298. The number of carboxylic acids is 1. The van der Waals surface area contributed by atoms with E-state index in [2.05, 4.69) is 6.92 Å². The molecule has 0 saturated carbocycles. The van der Waals surface area contributed by atoms with Crippen LogP contribution in [0.15, 0.2) is 0 Å². The molecule has 0 amide bonds. The molecular weight excluding hydrogens is 336 g/mol. The van der Waals surface area contributed by atoms with Crippen molar-refractivity contribution < 1.29 is 28.8 Å². The number of rotatable bonds is 21. The van der Waals surface area contributed by atoms with E-state index in [1.165, 1.54) is 51.4 Å². The molecule has 6 heteroatoms. The van der Waals surface area contributed by atoms with Gasteiger partial charge in [-0.15, -0.1) is 0 Å². The zero-order valence-electron chi connectivity index (χ0n) is 16.9. The van der Waals surface area contributed by atoms with Crippen molar-refractivity contribution in [3.05, 3.63) is 0 Å². The van der Waals surface area contributed by atoms with Gasteiger partial charge in [-0.3, -0.25) is 0 Å². The lowest BCUT2D eigenvalue weighted by molar-refractivity contribution is -0.192. The van der Waals surface area contributed by atoms with Crippen molar-refractivity contribution in [1.29, 1.82) is 0 Å². The summed E-state index contributed by atoms with van der Waals surface area (Å²) < 4.78 is 20.9. The second-order valence-corrected chi connectivity index (χ2v) is 6.40. The molecule has 1 N–H and O–H groups in total. The molecule has 0 fully saturated rings. The maximum atomic E-state index is 11.1. The first-order chi connectivity index (χ1) is 12.7. The van der Waals surface area contributed by atoms with Gasteiger partial charge in [-0.1, -0.05) is 64.7 Å². The monoisotopic (exact) mass is 376 g/mol. The van der Waals surface area contributed by atoms with Gasteiger partial charge in [-0.2, -0.15) is 0 Å². The summed E-state index contributed by atoms with van der Waals surface area (Å²) in [5.74, 6) is -1.09. The van der Waals surface area contributed by atoms with Crippen LogP contribution in [-0.2, 0) is 23.7 Å². The molecule has 0 aliphatic carbocycles. The van der Waals surface area contributed by atoms with E-state index in [4.69, 9.17) is 24.1 Å². The third-order valence-electron chi connectivity index (χ3n) is 4.04. The molecule has 0 bridgehead atoms. The number of hydrogen-bond donors (Lipinski definition) is 1. The maximum Gasteiger partial charge on any atom is 0.361 e. The fourth-order valence-electron chi connectivity index (χ4n) is 2.55. The van der Waals surface area contributed by atoms with Gasteiger partial charge in [0.25, 0.3) is 6.29 Å². The van der Waals surface area contributed by atoms with Gasteiger partial charge in [0.15, 0.2) is 0 Å². The molecule has 6 nitrogen and oxygen atoms in total. The molecule has 0 aromatic carbocycles. The smallest absolute Gasteiger partial charge is 0.361 e. The van der Waals surface area contributed by atoms with E-state index in [1.54, 1.807) is 0 Å². The number of ether oxygens (including phenoxy) is 4. The maximum absolute atomic E-state index is 11.1. The average Bonchev–Trinajstić information content (AvgIpc) is 2.63. The number of aliphatic carboxylic acids is 1. The number of hydrogen-bond acceptors (Lipinski definition) is 5. The number of carboxylic acid groups (broad SMARTS) is 1. The van der Waals surface area contributed by atoms with Crippen molar-refractivity contribution in [3.8, 4) is 0 Å². The van der Waals surface area contributed by atoms with E-state index in [9.17, 15) is 4.79 Å². The first-order valence-electron chi connectivity index (χ1n) is 10.3. The summed E-state index contributed by atoms with van der Waals surface area (Å²) in [6.45, 7) is 6.78. The Morgan fingerprint density at radius 3 is 1.77 bits per heavy atom. The third-order valence-corrected chi connectivity index (χ3v) is 4.04. The van der Waals surface area contributed by atoms with E-state index >= 15 is 0 Å². The fraction of sp³-hybridized carbons (Fsp3) is 0.950. The lowest BCUT2D eigenvalue weighted by atomic mass is 10.1. The Morgan fingerprint density at radius 1 is 0.692 bits per heavy atom. The van der Waals surface area contributed by atoms with Gasteiger partial charge < -0.3 is 24.1 Å². The first kappa shape index (κ1) is 25.3. The SMILES string of the molecule is CCCCCCCCCCCCOC(OCCOCCOCC)C(=O)O. The molecule has 0 radical (unpaired) electrons. The Balaban J connectivity index is 3.44. The van der Waals surface area contributed by atoms with E-state index in [0.29, 0.717) is 33.0 Å². The van der Waals surface area contributed by atoms with E-state index in [0.717, 1.165) is 12.8 Å². The van der Waals surface area contributed by atoms with E-state index < -0.39 is 12.3 Å². The van der Waals surface area contributed by atoms with Crippen LogP contribution in [0.1, 0.15) is 78.1 Å². The second kappa shape index (κ2) is 20.6. The van der Waals surface area contributed by atoms with E-state index in [-0.39, 0.29) is 6.61 Å². The van der Waals surface area contributed by atoms with Gasteiger partial charge in [-0.05, 0) is 13.3 Å². The average molecular weight is 377 g/mol. The first-order valence-corrected chi connectivity index (χ1v) is 10.3. The summed E-state index contributed by atoms with van der Waals surface area (Å²) in [7, 11) is 0. The highest BCUT2D eigenvalue weighted by Crippen LogP contribution is 2.10. The van der Waals surface area contributed by atoms with Crippen LogP contribution < -0.4 is 0 Å². The zero-order chi connectivity index (χ0) is 19.3. The van der Waals surface area contributed by atoms with Crippen molar-refractivity contribution in [2.24, 2.45) is 0 Å². The highest BCUT2D eigenvalue weighted by molar-refractivity contribution is 5.70. The number of unbranched alkanes of at least 4 members (excludes halogenated alkanes) is 9. The summed E-state index contributed by atoms with van der Waals surface area (Å²) in [6.07, 6.45) is 11.2. The van der Waals surface area contributed by atoms with Gasteiger partial charge in [-0.25, -0.2) is 4.79 Å². The van der Waals surface area contributed by atoms with Crippen molar-refractivity contribution in [2.75, 3.05) is 39.6 Å². The van der Waals surface area contributed by atoms with Gasteiger partial charge >= 0.3 is 5.97 Å². The zero-order valence-corrected chi connectivity index (χ0v) is 16.9. The van der Waals surface area contributed by atoms with Crippen molar-refractivity contribution >= 4 is 5.97 Å². The summed E-state index contributed by atoms with van der Waals surface area (Å²) in [6, 6.07) is 0. The standard InChI is InChI=1S/C20H40O6/c1-3-5-6-7-8-9-10-11-12-13-14-25-20(19(21)22)26-18-17-24-16-15-23-4-2/h20H,3-18H2,1-2H3,(H,21,22). The van der Waals surface area contributed by atoms with Gasteiger partial charge in [0.05, 0.1) is 33.0 Å². The molecule has 0 aromatic rings. The Hall–Kier alpha value is -0.690. The molecular formula is C20H40O6. The molecule has 0 aliphatic heterocycles. The van der Waals surface area contributed by atoms with Gasteiger partial charge in [0.1, 0.15) is 0 Å². The summed E-state index contributed by atoms with van der Waals surface area (Å²) >= 11 is 0. The lowest BCUT2D eigenvalue weighted by Gasteiger charge is -2.14. The van der Waals surface area contributed by atoms with Crippen LogP contribution in [0.25, 0.3) is 0 Å². The summed E-state index contributed by atoms with van der Waals surface area (Å²) in [5, 5.41) is 9.10. The molecule has 1 unspecified atom stereocenters. The molecule has 0 saturated heterocycles. The minimum Gasteiger partial charge on any atom is -0.477 e. The predicted octanol–water partition coefficient (Wildman–Crippen LogP) is 4.40. The number of carbonyl (C=O) groups is 1. The van der Waals surface area contributed by atoms with Crippen LogP contribution in [0.3, 0.4) is 0 Å². The molecule has 1 atom stereocenters. The van der Waals surface area contributed by atoms with Crippen LogP contribution in [-0.4, -0.2) is 57.0 Å². The second-order valence-electron chi connectivity index (χ2n) is 6.40. The molecule has 0 heterocycles. The topological polar surface area (TPSA) is 74.2 Å². The minimum atomic E-state index is -1.20. The molecule has 0 rings (SSSR count). The third kappa shape index (κ3) is 18.1.